The van der Waals surface area contributed by atoms with Crippen LogP contribution in [0.3, 0.4) is 0 Å². The fourth-order valence-corrected chi connectivity index (χ4v) is 5.50. The molecule has 3 atom stereocenters. The van der Waals surface area contributed by atoms with Crippen molar-refractivity contribution in [3.63, 3.8) is 0 Å². The summed E-state index contributed by atoms with van der Waals surface area (Å²) in [6, 6.07) is 8.13. The lowest BCUT2D eigenvalue weighted by Crippen LogP contribution is -2.53. The zero-order chi connectivity index (χ0) is 22.5. The van der Waals surface area contributed by atoms with E-state index in [1.807, 2.05) is 49.0 Å². The van der Waals surface area contributed by atoms with Crippen molar-refractivity contribution in [2.45, 2.75) is 70.6 Å². The minimum absolute atomic E-state index is 0.153. The van der Waals surface area contributed by atoms with Gasteiger partial charge in [-0.1, -0.05) is 24.6 Å². The van der Waals surface area contributed by atoms with Crippen LogP contribution in [0, 0.1) is 5.41 Å². The molecule has 5 nitrogen and oxygen atoms in total. The van der Waals surface area contributed by atoms with E-state index in [2.05, 4.69) is 38.3 Å². The van der Waals surface area contributed by atoms with Crippen LogP contribution in [-0.4, -0.2) is 33.9 Å². The highest BCUT2D eigenvalue weighted by Crippen LogP contribution is 2.58. The number of fused-ring (bicyclic) bond motifs is 3. The van der Waals surface area contributed by atoms with E-state index in [1.54, 1.807) is 0 Å². The smallest absolute Gasteiger partial charge is 0.179 e. The number of hydrogen-bond acceptors (Lipinski definition) is 4. The van der Waals surface area contributed by atoms with Crippen LogP contribution in [0.1, 0.15) is 51.3 Å². The maximum Gasteiger partial charge on any atom is 0.179 e. The van der Waals surface area contributed by atoms with Gasteiger partial charge < -0.3 is 14.2 Å². The normalized spacial score (nSPS) is 28.2. The molecule has 5 rings (SSSR count). The predicted octanol–water partition coefficient (Wildman–Crippen LogP) is 5.64. The van der Waals surface area contributed by atoms with Gasteiger partial charge in [0, 0.05) is 11.8 Å². The zero-order valence-electron chi connectivity index (χ0n) is 19.2. The highest BCUT2D eigenvalue weighted by Gasteiger charge is 2.61. The summed E-state index contributed by atoms with van der Waals surface area (Å²) in [5.74, 6) is 0.207. The molecule has 5 heteroatoms. The van der Waals surface area contributed by atoms with E-state index in [0.717, 1.165) is 42.8 Å². The lowest BCUT2D eigenvalue weighted by Gasteiger charge is -2.51. The molecule has 0 N–H and O–H groups in total. The Bertz CT molecular complexity index is 1050. The first-order valence-corrected chi connectivity index (χ1v) is 11.5. The van der Waals surface area contributed by atoms with Gasteiger partial charge in [0.15, 0.2) is 5.79 Å². The molecule has 2 aromatic rings. The molecule has 0 unspecified atom stereocenters. The molecular weight excluding hydrogens is 400 g/mol. The molecule has 1 saturated carbocycles. The second-order valence-corrected chi connectivity index (χ2v) is 9.55. The average Bonchev–Trinajstić information content (AvgIpc) is 3.35. The molecule has 0 radical (unpaired) electrons. The van der Waals surface area contributed by atoms with Crippen molar-refractivity contribution < 1.29 is 14.2 Å². The van der Waals surface area contributed by atoms with Crippen LogP contribution in [0.2, 0.25) is 0 Å². The molecule has 168 valence electrons. The molecule has 32 heavy (non-hydrogen) atoms. The minimum Gasteiger partial charge on any atom is -0.491 e. The van der Waals surface area contributed by atoms with Crippen LogP contribution in [0.5, 0.6) is 5.75 Å². The monoisotopic (exact) mass is 432 g/mol. The fourth-order valence-electron chi connectivity index (χ4n) is 5.50. The van der Waals surface area contributed by atoms with Crippen molar-refractivity contribution in [1.82, 2.24) is 9.78 Å². The maximum absolute atomic E-state index is 6.57. The topological polar surface area (TPSA) is 45.5 Å². The van der Waals surface area contributed by atoms with Crippen molar-refractivity contribution in [3.05, 3.63) is 72.6 Å². The van der Waals surface area contributed by atoms with Crippen molar-refractivity contribution in [2.24, 2.45) is 5.41 Å². The lowest BCUT2D eigenvalue weighted by molar-refractivity contribution is -0.243. The molecular formula is C27H32N2O3. The van der Waals surface area contributed by atoms with Crippen LogP contribution < -0.4 is 4.74 Å². The third-order valence-corrected chi connectivity index (χ3v) is 7.14. The summed E-state index contributed by atoms with van der Waals surface area (Å²) >= 11 is 0. The standard InChI is InChI=1S/C27H32N2O3/c1-6-24-25(7-2)32-27(31-24)14-8-9-20-15-23-19(16-26(20,27)5)17-28-29(23)21-10-12-22(13-11-21)30-18(3)4/h6-7,10-13,15,17-18,24-25H,1-2,8-9,14,16H2,3-5H3/t24-,25-,26+/m1/s1. The van der Waals surface area contributed by atoms with Gasteiger partial charge in [0.2, 0.25) is 0 Å². The Morgan fingerprint density at radius 2 is 1.84 bits per heavy atom. The molecule has 2 heterocycles. The van der Waals surface area contributed by atoms with Gasteiger partial charge in [-0.05, 0) is 69.0 Å². The molecule has 2 fully saturated rings. The van der Waals surface area contributed by atoms with Crippen LogP contribution in [0.15, 0.2) is 61.3 Å². The van der Waals surface area contributed by atoms with E-state index in [0.29, 0.717) is 0 Å². The number of ether oxygens (including phenoxy) is 3. The summed E-state index contributed by atoms with van der Waals surface area (Å²) in [6.45, 7) is 14.2. The van der Waals surface area contributed by atoms with Crippen LogP contribution in [-0.2, 0) is 15.9 Å². The second kappa shape index (κ2) is 7.75. The van der Waals surface area contributed by atoms with Gasteiger partial charge in [-0.3, -0.25) is 0 Å². The van der Waals surface area contributed by atoms with Gasteiger partial charge in [0.1, 0.15) is 18.0 Å². The van der Waals surface area contributed by atoms with Crippen molar-refractivity contribution in [3.8, 4) is 11.4 Å². The first-order chi connectivity index (χ1) is 15.4. The summed E-state index contributed by atoms with van der Waals surface area (Å²) in [4.78, 5) is 0. The van der Waals surface area contributed by atoms with Crippen LogP contribution >= 0.6 is 0 Å². The largest absolute Gasteiger partial charge is 0.491 e. The Kier molecular flexibility index (Phi) is 5.14. The van der Waals surface area contributed by atoms with Gasteiger partial charge >= 0.3 is 0 Å². The molecule has 2 aliphatic carbocycles. The number of hydrogen-bond donors (Lipinski definition) is 0. The summed E-state index contributed by atoms with van der Waals surface area (Å²) in [7, 11) is 0. The molecule has 1 saturated heterocycles. The SMILES string of the molecule is C=C[C@H]1OC2(CCCC3=Cc4c(cnn4-c4ccc(OC(C)C)cc4)C[C@@]32C)O[C@@H]1C=C. The van der Waals surface area contributed by atoms with Crippen molar-refractivity contribution in [2.75, 3.05) is 0 Å². The quantitative estimate of drug-likeness (QED) is 0.574. The van der Waals surface area contributed by atoms with E-state index < -0.39 is 5.79 Å². The third kappa shape index (κ3) is 3.18. The molecule has 1 aromatic heterocycles. The number of rotatable bonds is 5. The third-order valence-electron chi connectivity index (χ3n) is 7.14. The summed E-state index contributed by atoms with van der Waals surface area (Å²) in [6.07, 6.45) is 11.5. The van der Waals surface area contributed by atoms with Crippen LogP contribution in [0.25, 0.3) is 11.8 Å². The summed E-state index contributed by atoms with van der Waals surface area (Å²) < 4.78 is 21.0. The van der Waals surface area contributed by atoms with Crippen LogP contribution in [0.4, 0.5) is 0 Å². The molecule has 1 aromatic carbocycles. The average molecular weight is 433 g/mol. The number of benzene rings is 1. The van der Waals surface area contributed by atoms with E-state index in [-0.39, 0.29) is 23.7 Å². The first-order valence-electron chi connectivity index (χ1n) is 11.5. The molecule has 1 aliphatic heterocycles. The van der Waals surface area contributed by atoms with Crippen molar-refractivity contribution in [1.29, 1.82) is 0 Å². The summed E-state index contributed by atoms with van der Waals surface area (Å²) in [5.41, 5.74) is 4.50. The molecule has 0 bridgehead atoms. The number of nitrogens with zero attached hydrogens (tertiary/aromatic N) is 2. The zero-order valence-corrected chi connectivity index (χ0v) is 19.2. The predicted molar refractivity (Wildman–Crippen MR) is 126 cm³/mol. The van der Waals surface area contributed by atoms with E-state index >= 15 is 0 Å². The highest BCUT2D eigenvalue weighted by atomic mass is 16.8. The van der Waals surface area contributed by atoms with E-state index in [4.69, 9.17) is 19.3 Å². The second-order valence-electron chi connectivity index (χ2n) is 9.55. The Morgan fingerprint density at radius 3 is 2.47 bits per heavy atom. The molecule has 1 spiro atoms. The first kappa shape index (κ1) is 21.2. The Morgan fingerprint density at radius 1 is 1.16 bits per heavy atom. The Balaban J connectivity index is 1.50. The van der Waals surface area contributed by atoms with Gasteiger partial charge in [-0.2, -0.15) is 5.10 Å². The highest BCUT2D eigenvalue weighted by molar-refractivity contribution is 5.62. The maximum atomic E-state index is 6.57. The summed E-state index contributed by atoms with van der Waals surface area (Å²) in [5, 5.41) is 4.74. The fraction of sp³-hybridized carbons (Fsp3) is 0.444. The molecule has 0 amide bonds. The van der Waals surface area contributed by atoms with Gasteiger partial charge in [-0.25, -0.2) is 4.68 Å². The van der Waals surface area contributed by atoms with Gasteiger partial charge in [-0.15, -0.1) is 13.2 Å². The van der Waals surface area contributed by atoms with Crippen molar-refractivity contribution >= 4 is 6.08 Å². The number of aromatic nitrogens is 2. The minimum atomic E-state index is -0.662. The van der Waals surface area contributed by atoms with E-state index in [9.17, 15) is 0 Å². The Hall–Kier alpha value is -2.63. The Labute approximate surface area is 190 Å². The van der Waals surface area contributed by atoms with Gasteiger partial charge in [0.05, 0.1) is 23.7 Å². The lowest BCUT2D eigenvalue weighted by atomic mass is 9.62. The van der Waals surface area contributed by atoms with Gasteiger partial charge in [0.25, 0.3) is 0 Å². The van der Waals surface area contributed by atoms with E-state index in [1.165, 1.54) is 11.1 Å². The molecule has 3 aliphatic rings.